The summed E-state index contributed by atoms with van der Waals surface area (Å²) in [6.07, 6.45) is 4.33. The molecule has 1 fully saturated rings. The minimum atomic E-state index is -0.936. The van der Waals surface area contributed by atoms with Crippen molar-refractivity contribution in [2.75, 3.05) is 25.5 Å². The molecule has 1 atom stereocenters. The third kappa shape index (κ3) is 5.00. The molecule has 9 heteroatoms. The van der Waals surface area contributed by atoms with Gasteiger partial charge in [-0.05, 0) is 56.4 Å². The molecule has 1 amide bonds. The summed E-state index contributed by atoms with van der Waals surface area (Å²) in [5.74, 6) is -1.79. The molecule has 2 N–H and O–H groups in total. The van der Waals surface area contributed by atoms with Crippen molar-refractivity contribution < 1.29 is 18.7 Å². The number of nitrogens with one attached hydrogen (secondary N) is 1. The number of halogens is 2. The molecule has 7 nitrogen and oxygen atoms in total. The number of anilines is 1. The molecular formula is C26H29F2N5O2. The van der Waals surface area contributed by atoms with Gasteiger partial charge in [0.2, 0.25) is 0 Å². The van der Waals surface area contributed by atoms with Crippen molar-refractivity contribution in [3.63, 3.8) is 0 Å². The number of likely N-dealkylation sites (tertiary alicyclic amines) is 1. The van der Waals surface area contributed by atoms with E-state index in [1.165, 1.54) is 11.2 Å². The summed E-state index contributed by atoms with van der Waals surface area (Å²) in [6, 6.07) is 5.95. The number of pyridine rings is 1. The molecule has 0 aliphatic carbocycles. The maximum absolute atomic E-state index is 15.2. The van der Waals surface area contributed by atoms with E-state index in [4.69, 9.17) is 0 Å². The number of rotatable bonds is 6. The zero-order chi connectivity index (χ0) is 25.1. The monoisotopic (exact) mass is 481 g/mol. The van der Waals surface area contributed by atoms with Crippen LogP contribution in [-0.2, 0) is 6.42 Å². The molecule has 1 unspecified atom stereocenters. The van der Waals surface area contributed by atoms with E-state index in [-0.39, 0.29) is 11.5 Å². The van der Waals surface area contributed by atoms with E-state index in [9.17, 15) is 9.90 Å². The highest BCUT2D eigenvalue weighted by Gasteiger charge is 2.30. The number of aliphatic hydroxyl groups excluding tert-OH is 1. The molecule has 0 spiro atoms. The minimum absolute atomic E-state index is 0.0803. The summed E-state index contributed by atoms with van der Waals surface area (Å²) in [5, 5.41) is 12.7. The Hall–Kier alpha value is -3.46. The van der Waals surface area contributed by atoms with E-state index in [1.54, 1.807) is 26.2 Å². The van der Waals surface area contributed by atoms with E-state index in [0.717, 1.165) is 23.4 Å². The van der Waals surface area contributed by atoms with Gasteiger partial charge in [0.15, 0.2) is 0 Å². The van der Waals surface area contributed by atoms with Gasteiger partial charge in [0.1, 0.15) is 29.3 Å². The quantitative estimate of drug-likeness (QED) is 0.545. The SMILES string of the molecule is CCc1ncnc(-c2cc(F)c(C(=O)N3CCC(C(C)O)CC3)c(F)c2)c1-c1ccc(NC)nc1. The lowest BCUT2D eigenvalue weighted by Gasteiger charge is -2.33. The Morgan fingerprint density at radius 2 is 1.83 bits per heavy atom. The predicted octanol–water partition coefficient (Wildman–Crippen LogP) is 4.32. The number of benzene rings is 1. The Labute approximate surface area is 203 Å². The molecular weight excluding hydrogens is 452 g/mol. The molecule has 35 heavy (non-hydrogen) atoms. The zero-order valence-electron chi connectivity index (χ0n) is 20.1. The first kappa shape index (κ1) is 24.7. The first-order valence-electron chi connectivity index (χ1n) is 11.8. The van der Waals surface area contributed by atoms with Gasteiger partial charge in [0, 0.05) is 43.0 Å². The maximum Gasteiger partial charge on any atom is 0.259 e. The van der Waals surface area contributed by atoms with Crippen LogP contribution in [0.15, 0.2) is 36.8 Å². The van der Waals surface area contributed by atoms with Gasteiger partial charge in [0.05, 0.1) is 17.5 Å². The molecule has 0 radical (unpaired) electrons. The zero-order valence-corrected chi connectivity index (χ0v) is 20.1. The highest BCUT2D eigenvalue weighted by Crippen LogP contribution is 2.34. The van der Waals surface area contributed by atoms with Gasteiger partial charge >= 0.3 is 0 Å². The smallest absolute Gasteiger partial charge is 0.259 e. The van der Waals surface area contributed by atoms with Crippen LogP contribution in [0.4, 0.5) is 14.6 Å². The average molecular weight is 482 g/mol. The number of aliphatic hydroxyl groups is 1. The lowest BCUT2D eigenvalue weighted by Crippen LogP contribution is -2.41. The van der Waals surface area contributed by atoms with Gasteiger partial charge in [-0.2, -0.15) is 0 Å². The standard InChI is InChI=1S/C26H29F2N5O2/c1-4-21-23(17-5-6-22(29-3)30-13-17)25(32-14-31-21)18-11-19(27)24(20(28)12-18)26(35)33-9-7-16(8-10-33)15(2)34/h5-6,11-16,34H,4,7-10H2,1-3H3,(H,29,30). The summed E-state index contributed by atoms with van der Waals surface area (Å²) in [5.41, 5.74) is 2.09. The molecule has 2 aromatic heterocycles. The van der Waals surface area contributed by atoms with Gasteiger partial charge in [-0.25, -0.2) is 23.7 Å². The van der Waals surface area contributed by atoms with Crippen molar-refractivity contribution in [2.45, 2.75) is 39.2 Å². The van der Waals surface area contributed by atoms with Gasteiger partial charge < -0.3 is 15.3 Å². The summed E-state index contributed by atoms with van der Waals surface area (Å²) >= 11 is 0. The fourth-order valence-corrected chi connectivity index (χ4v) is 4.56. The molecule has 0 bridgehead atoms. The van der Waals surface area contributed by atoms with Crippen LogP contribution in [0.25, 0.3) is 22.4 Å². The summed E-state index contributed by atoms with van der Waals surface area (Å²) < 4.78 is 30.5. The number of aromatic nitrogens is 3. The van der Waals surface area contributed by atoms with Crippen LogP contribution in [-0.4, -0.2) is 57.1 Å². The number of aryl methyl sites for hydroxylation is 1. The number of hydrogen-bond donors (Lipinski definition) is 2. The van der Waals surface area contributed by atoms with Crippen LogP contribution < -0.4 is 5.32 Å². The summed E-state index contributed by atoms with van der Waals surface area (Å²) in [6.45, 7) is 4.35. The third-order valence-corrected chi connectivity index (χ3v) is 6.61. The maximum atomic E-state index is 15.2. The molecule has 3 heterocycles. The van der Waals surface area contributed by atoms with Crippen LogP contribution in [0, 0.1) is 17.6 Å². The molecule has 184 valence electrons. The predicted molar refractivity (Wildman–Crippen MR) is 130 cm³/mol. The summed E-state index contributed by atoms with van der Waals surface area (Å²) in [7, 11) is 1.76. The lowest BCUT2D eigenvalue weighted by molar-refractivity contribution is 0.0514. The number of carbonyl (C=O) groups excluding carboxylic acids is 1. The fraction of sp³-hybridized carbons (Fsp3) is 0.385. The third-order valence-electron chi connectivity index (χ3n) is 6.61. The molecule has 0 saturated carbocycles. The van der Waals surface area contributed by atoms with Crippen molar-refractivity contribution >= 4 is 11.7 Å². The van der Waals surface area contributed by atoms with Gasteiger partial charge in [-0.1, -0.05) is 6.92 Å². The van der Waals surface area contributed by atoms with Crippen LogP contribution in [0.5, 0.6) is 0 Å². The second-order valence-corrected chi connectivity index (χ2v) is 8.76. The Bertz CT molecular complexity index is 1190. The largest absolute Gasteiger partial charge is 0.393 e. The van der Waals surface area contributed by atoms with Crippen molar-refractivity contribution in [3.8, 4) is 22.4 Å². The molecule has 1 aromatic carbocycles. The number of hydrogen-bond acceptors (Lipinski definition) is 6. The van der Waals surface area contributed by atoms with Crippen molar-refractivity contribution in [2.24, 2.45) is 5.92 Å². The molecule has 1 saturated heterocycles. The van der Waals surface area contributed by atoms with Crippen molar-refractivity contribution in [1.82, 2.24) is 19.9 Å². The van der Waals surface area contributed by atoms with Crippen molar-refractivity contribution in [3.05, 3.63) is 59.7 Å². The van der Waals surface area contributed by atoms with Crippen LogP contribution in [0.3, 0.4) is 0 Å². The fourth-order valence-electron chi connectivity index (χ4n) is 4.56. The number of piperidine rings is 1. The average Bonchev–Trinajstić information content (AvgIpc) is 2.87. The van der Waals surface area contributed by atoms with E-state index >= 15 is 8.78 Å². The van der Waals surface area contributed by atoms with E-state index in [0.29, 0.717) is 49.4 Å². The van der Waals surface area contributed by atoms with Crippen molar-refractivity contribution in [1.29, 1.82) is 0 Å². The molecule has 1 aliphatic heterocycles. The highest BCUT2D eigenvalue weighted by atomic mass is 19.1. The molecule has 4 rings (SSSR count). The Morgan fingerprint density at radius 1 is 1.14 bits per heavy atom. The normalized spacial score (nSPS) is 15.2. The minimum Gasteiger partial charge on any atom is -0.393 e. The van der Waals surface area contributed by atoms with E-state index in [2.05, 4.69) is 20.3 Å². The Balaban J connectivity index is 1.70. The van der Waals surface area contributed by atoms with E-state index in [1.807, 2.05) is 13.0 Å². The van der Waals surface area contributed by atoms with Gasteiger partial charge in [-0.15, -0.1) is 0 Å². The topological polar surface area (TPSA) is 91.2 Å². The lowest BCUT2D eigenvalue weighted by atomic mass is 9.91. The number of nitrogens with zero attached hydrogens (tertiary/aromatic N) is 4. The van der Waals surface area contributed by atoms with Crippen LogP contribution >= 0.6 is 0 Å². The first-order valence-corrected chi connectivity index (χ1v) is 11.8. The van der Waals surface area contributed by atoms with E-state index < -0.39 is 29.2 Å². The van der Waals surface area contributed by atoms with Crippen LogP contribution in [0.1, 0.15) is 42.7 Å². The number of carbonyl (C=O) groups is 1. The van der Waals surface area contributed by atoms with Crippen LogP contribution in [0.2, 0.25) is 0 Å². The summed E-state index contributed by atoms with van der Waals surface area (Å²) in [4.78, 5) is 27.4. The molecule has 3 aromatic rings. The Morgan fingerprint density at radius 3 is 2.37 bits per heavy atom. The van der Waals surface area contributed by atoms with Gasteiger partial charge in [-0.3, -0.25) is 4.79 Å². The number of amides is 1. The highest BCUT2D eigenvalue weighted by molar-refractivity contribution is 5.95. The second-order valence-electron chi connectivity index (χ2n) is 8.76. The molecule has 1 aliphatic rings. The first-order chi connectivity index (χ1) is 16.8. The Kier molecular flexibility index (Phi) is 7.35. The van der Waals surface area contributed by atoms with Gasteiger partial charge in [0.25, 0.3) is 5.91 Å². The second kappa shape index (κ2) is 10.4.